The number of carbonyl (C=O) groups is 1. The van der Waals surface area contributed by atoms with Crippen molar-refractivity contribution >= 4 is 5.97 Å². The quantitative estimate of drug-likeness (QED) is 0.745. The zero-order valence-corrected chi connectivity index (χ0v) is 9.97. The molecule has 0 spiro atoms. The van der Waals surface area contributed by atoms with Gasteiger partial charge in [-0.15, -0.1) is 0 Å². The van der Waals surface area contributed by atoms with E-state index in [1.807, 2.05) is 30.3 Å². The molecule has 1 aromatic carbocycles. The van der Waals surface area contributed by atoms with Crippen molar-refractivity contribution in [3.05, 3.63) is 35.9 Å². The fourth-order valence-corrected chi connectivity index (χ4v) is 3.42. The summed E-state index contributed by atoms with van der Waals surface area (Å²) in [6, 6.07) is 9.27. The van der Waals surface area contributed by atoms with Crippen LogP contribution in [0.4, 0.5) is 0 Å². The maximum atomic E-state index is 11.8. The highest BCUT2D eigenvalue weighted by molar-refractivity contribution is 5.89. The van der Waals surface area contributed by atoms with Gasteiger partial charge in [-0.3, -0.25) is 0 Å². The second kappa shape index (κ2) is 4.52. The lowest BCUT2D eigenvalue weighted by atomic mass is 9.89. The van der Waals surface area contributed by atoms with Crippen LogP contribution in [0.15, 0.2) is 30.3 Å². The topological polar surface area (TPSA) is 26.3 Å². The maximum absolute atomic E-state index is 11.8. The third-order valence-corrected chi connectivity index (χ3v) is 4.32. The first kappa shape index (κ1) is 10.8. The number of hydrogen-bond acceptors (Lipinski definition) is 2. The second-order valence-electron chi connectivity index (χ2n) is 5.40. The first-order chi connectivity index (χ1) is 8.33. The molecule has 0 aliphatic heterocycles. The van der Waals surface area contributed by atoms with Crippen molar-refractivity contribution in [3.8, 4) is 0 Å². The largest absolute Gasteiger partial charge is 0.462 e. The van der Waals surface area contributed by atoms with Crippen LogP contribution >= 0.6 is 0 Å². The minimum atomic E-state index is -0.173. The molecule has 0 aromatic heterocycles. The average molecular weight is 230 g/mol. The van der Waals surface area contributed by atoms with Gasteiger partial charge >= 0.3 is 5.97 Å². The molecular formula is C15H18O2. The predicted molar refractivity (Wildman–Crippen MR) is 65.7 cm³/mol. The molecule has 2 nitrogen and oxygen atoms in total. The third kappa shape index (κ3) is 2.21. The molecule has 3 atom stereocenters. The third-order valence-electron chi connectivity index (χ3n) is 4.32. The summed E-state index contributed by atoms with van der Waals surface area (Å²) in [4.78, 5) is 11.8. The monoisotopic (exact) mass is 230 g/mol. The Morgan fingerprint density at radius 2 is 2.00 bits per heavy atom. The Bertz CT molecular complexity index is 399. The zero-order chi connectivity index (χ0) is 11.7. The first-order valence-corrected chi connectivity index (χ1v) is 6.55. The molecule has 2 aliphatic carbocycles. The Balaban J connectivity index is 1.53. The molecule has 3 rings (SSSR count). The van der Waals surface area contributed by atoms with Gasteiger partial charge in [0.15, 0.2) is 0 Å². The van der Waals surface area contributed by atoms with Gasteiger partial charge in [-0.05, 0) is 49.1 Å². The van der Waals surface area contributed by atoms with E-state index in [2.05, 4.69) is 0 Å². The van der Waals surface area contributed by atoms with Gasteiger partial charge in [0.05, 0.1) is 12.2 Å². The molecule has 0 saturated heterocycles. The molecule has 1 aromatic rings. The van der Waals surface area contributed by atoms with E-state index in [0.29, 0.717) is 18.1 Å². The number of rotatable bonds is 3. The minimum absolute atomic E-state index is 0.173. The molecule has 2 fully saturated rings. The van der Waals surface area contributed by atoms with Crippen LogP contribution in [-0.4, -0.2) is 12.6 Å². The summed E-state index contributed by atoms with van der Waals surface area (Å²) in [5.74, 6) is 2.19. The first-order valence-electron chi connectivity index (χ1n) is 6.55. The number of esters is 1. The Labute approximate surface area is 102 Å². The van der Waals surface area contributed by atoms with Crippen LogP contribution in [0.2, 0.25) is 0 Å². The van der Waals surface area contributed by atoms with Crippen LogP contribution in [0.5, 0.6) is 0 Å². The molecule has 3 unspecified atom stereocenters. The highest BCUT2D eigenvalue weighted by Crippen LogP contribution is 2.48. The van der Waals surface area contributed by atoms with Crippen molar-refractivity contribution in [2.75, 3.05) is 6.61 Å². The lowest BCUT2D eigenvalue weighted by Gasteiger charge is -2.21. The van der Waals surface area contributed by atoms with Crippen LogP contribution in [0, 0.1) is 17.8 Å². The average Bonchev–Trinajstić information content (AvgIpc) is 2.99. The van der Waals surface area contributed by atoms with Gasteiger partial charge in [-0.2, -0.15) is 0 Å². The Morgan fingerprint density at radius 1 is 1.18 bits per heavy atom. The fraction of sp³-hybridized carbons (Fsp3) is 0.533. The lowest BCUT2D eigenvalue weighted by Crippen LogP contribution is -2.19. The van der Waals surface area contributed by atoms with Crippen molar-refractivity contribution in [1.29, 1.82) is 0 Å². The van der Waals surface area contributed by atoms with Crippen LogP contribution in [0.25, 0.3) is 0 Å². The van der Waals surface area contributed by atoms with Gasteiger partial charge in [0.2, 0.25) is 0 Å². The molecule has 0 N–H and O–H groups in total. The molecule has 2 saturated carbocycles. The van der Waals surface area contributed by atoms with Crippen LogP contribution in [0.1, 0.15) is 36.0 Å². The van der Waals surface area contributed by atoms with Gasteiger partial charge in [0.1, 0.15) is 0 Å². The van der Waals surface area contributed by atoms with Gasteiger partial charge in [0.25, 0.3) is 0 Å². The van der Waals surface area contributed by atoms with Gasteiger partial charge in [0, 0.05) is 0 Å². The van der Waals surface area contributed by atoms with Crippen molar-refractivity contribution in [1.82, 2.24) is 0 Å². The number of carbonyl (C=O) groups excluding carboxylic acids is 1. The predicted octanol–water partition coefficient (Wildman–Crippen LogP) is 3.28. The normalized spacial score (nSPS) is 30.5. The van der Waals surface area contributed by atoms with Crippen LogP contribution in [0.3, 0.4) is 0 Å². The summed E-state index contributed by atoms with van der Waals surface area (Å²) in [6.45, 7) is 0.620. The molecule has 17 heavy (non-hydrogen) atoms. The molecular weight excluding hydrogens is 212 g/mol. The van der Waals surface area contributed by atoms with Crippen LogP contribution in [-0.2, 0) is 4.74 Å². The van der Waals surface area contributed by atoms with E-state index in [-0.39, 0.29) is 5.97 Å². The summed E-state index contributed by atoms with van der Waals surface area (Å²) >= 11 is 0. The van der Waals surface area contributed by atoms with E-state index in [1.165, 1.54) is 25.7 Å². The minimum Gasteiger partial charge on any atom is -0.462 e. The second-order valence-corrected chi connectivity index (χ2v) is 5.40. The molecule has 2 heteroatoms. The SMILES string of the molecule is O=C(OCC1CC2CCC1C2)c1ccccc1. The van der Waals surface area contributed by atoms with Gasteiger partial charge < -0.3 is 4.74 Å². The lowest BCUT2D eigenvalue weighted by molar-refractivity contribution is 0.0394. The Kier molecular flexibility index (Phi) is 2.87. The number of benzene rings is 1. The van der Waals surface area contributed by atoms with Crippen molar-refractivity contribution in [2.45, 2.75) is 25.7 Å². The molecule has 0 amide bonds. The van der Waals surface area contributed by atoms with E-state index in [1.54, 1.807) is 0 Å². The van der Waals surface area contributed by atoms with E-state index in [4.69, 9.17) is 4.74 Å². The molecule has 2 aliphatic rings. The molecule has 0 radical (unpaired) electrons. The van der Waals surface area contributed by atoms with E-state index in [0.717, 1.165) is 11.8 Å². The summed E-state index contributed by atoms with van der Waals surface area (Å²) in [6.07, 6.45) is 5.38. The molecule has 2 bridgehead atoms. The Hall–Kier alpha value is -1.31. The van der Waals surface area contributed by atoms with E-state index < -0.39 is 0 Å². The van der Waals surface area contributed by atoms with Crippen molar-refractivity contribution < 1.29 is 9.53 Å². The van der Waals surface area contributed by atoms with E-state index >= 15 is 0 Å². The van der Waals surface area contributed by atoms with Crippen LogP contribution < -0.4 is 0 Å². The maximum Gasteiger partial charge on any atom is 0.338 e. The van der Waals surface area contributed by atoms with Crippen molar-refractivity contribution in [2.24, 2.45) is 17.8 Å². The van der Waals surface area contributed by atoms with Gasteiger partial charge in [-0.1, -0.05) is 24.6 Å². The summed E-state index contributed by atoms with van der Waals surface area (Å²) in [5, 5.41) is 0. The molecule has 0 heterocycles. The summed E-state index contributed by atoms with van der Waals surface area (Å²) < 4.78 is 5.43. The molecule has 90 valence electrons. The van der Waals surface area contributed by atoms with E-state index in [9.17, 15) is 4.79 Å². The highest BCUT2D eigenvalue weighted by atomic mass is 16.5. The van der Waals surface area contributed by atoms with Crippen molar-refractivity contribution in [3.63, 3.8) is 0 Å². The zero-order valence-electron chi connectivity index (χ0n) is 9.97. The number of fused-ring (bicyclic) bond motifs is 2. The standard InChI is InChI=1S/C15H18O2/c16-15(12-4-2-1-3-5-12)17-10-14-9-11-6-7-13(14)8-11/h1-5,11,13-14H,6-10H2. The fourth-order valence-electron chi connectivity index (χ4n) is 3.42. The summed E-state index contributed by atoms with van der Waals surface area (Å²) in [7, 11) is 0. The number of hydrogen-bond donors (Lipinski definition) is 0. The summed E-state index contributed by atoms with van der Waals surface area (Å²) in [5.41, 5.74) is 0.663. The van der Waals surface area contributed by atoms with Gasteiger partial charge in [-0.25, -0.2) is 4.79 Å². The number of ether oxygens (including phenoxy) is 1. The smallest absolute Gasteiger partial charge is 0.338 e. The Morgan fingerprint density at radius 3 is 2.65 bits per heavy atom. The highest BCUT2D eigenvalue weighted by Gasteiger charge is 2.39.